The van der Waals surface area contributed by atoms with Gasteiger partial charge in [0.25, 0.3) is 6.43 Å². The standard InChI is InChI=1S/C8H11ClF2N4O2/c1-2-17-8-14-6(9)13-7(15-8)12-3-4(16)5(10)11/h4-5,16H,2-3H2,1H3,(H,12,13,14,15). The fourth-order valence-corrected chi connectivity index (χ4v) is 1.04. The van der Waals surface area contributed by atoms with Gasteiger partial charge in [0.1, 0.15) is 6.10 Å². The highest BCUT2D eigenvalue weighted by Gasteiger charge is 2.17. The second kappa shape index (κ2) is 6.45. The zero-order chi connectivity index (χ0) is 12.8. The lowest BCUT2D eigenvalue weighted by molar-refractivity contribution is 0.00376. The second-order valence-electron chi connectivity index (χ2n) is 2.93. The lowest BCUT2D eigenvalue weighted by atomic mass is 10.4. The summed E-state index contributed by atoms with van der Waals surface area (Å²) in [6.07, 6.45) is -4.65. The molecule has 9 heteroatoms. The van der Waals surface area contributed by atoms with Gasteiger partial charge >= 0.3 is 6.01 Å². The van der Waals surface area contributed by atoms with E-state index in [-0.39, 0.29) is 17.2 Å². The first kappa shape index (κ1) is 13.8. The van der Waals surface area contributed by atoms with Crippen molar-refractivity contribution >= 4 is 17.5 Å². The Balaban J connectivity index is 2.64. The van der Waals surface area contributed by atoms with Crippen molar-refractivity contribution in [2.75, 3.05) is 18.5 Å². The van der Waals surface area contributed by atoms with Crippen molar-refractivity contribution in [1.82, 2.24) is 15.0 Å². The zero-order valence-corrected chi connectivity index (χ0v) is 9.66. The minimum Gasteiger partial charge on any atom is -0.464 e. The van der Waals surface area contributed by atoms with Gasteiger partial charge in [-0.3, -0.25) is 0 Å². The molecular formula is C8H11ClF2N4O2. The van der Waals surface area contributed by atoms with Gasteiger partial charge in [0.15, 0.2) is 0 Å². The predicted octanol–water partition coefficient (Wildman–Crippen LogP) is 0.962. The van der Waals surface area contributed by atoms with Crippen LogP contribution in [0.15, 0.2) is 0 Å². The van der Waals surface area contributed by atoms with E-state index >= 15 is 0 Å². The van der Waals surface area contributed by atoms with Crippen LogP contribution in [-0.4, -0.2) is 45.7 Å². The Morgan fingerprint density at radius 2 is 2.12 bits per heavy atom. The molecule has 0 aliphatic carbocycles. The quantitative estimate of drug-likeness (QED) is 0.800. The number of ether oxygens (including phenoxy) is 1. The first-order chi connectivity index (χ1) is 8.02. The molecule has 1 atom stereocenters. The molecule has 0 bridgehead atoms. The van der Waals surface area contributed by atoms with E-state index in [0.717, 1.165) is 0 Å². The third kappa shape index (κ3) is 4.61. The number of aliphatic hydroxyl groups is 1. The maximum atomic E-state index is 12.0. The number of aromatic nitrogens is 3. The molecule has 1 rings (SSSR count). The van der Waals surface area contributed by atoms with Crippen LogP contribution < -0.4 is 10.1 Å². The van der Waals surface area contributed by atoms with E-state index in [9.17, 15) is 8.78 Å². The van der Waals surface area contributed by atoms with Crippen LogP contribution in [-0.2, 0) is 0 Å². The number of rotatable bonds is 6. The Bertz CT molecular complexity index is 369. The molecule has 0 aromatic carbocycles. The average molecular weight is 269 g/mol. The van der Waals surface area contributed by atoms with Crippen LogP contribution in [0.25, 0.3) is 0 Å². The zero-order valence-electron chi connectivity index (χ0n) is 8.90. The summed E-state index contributed by atoms with van der Waals surface area (Å²) in [7, 11) is 0. The lowest BCUT2D eigenvalue weighted by Crippen LogP contribution is -2.27. The molecule has 0 aliphatic heterocycles. The van der Waals surface area contributed by atoms with Gasteiger partial charge in [-0.15, -0.1) is 0 Å². The monoisotopic (exact) mass is 268 g/mol. The topological polar surface area (TPSA) is 80.2 Å². The molecule has 0 aliphatic rings. The Labute approximate surface area is 101 Å². The van der Waals surface area contributed by atoms with Gasteiger partial charge in [-0.2, -0.15) is 15.0 Å². The number of alkyl halides is 2. The first-order valence-electron chi connectivity index (χ1n) is 4.77. The van der Waals surface area contributed by atoms with Crippen LogP contribution >= 0.6 is 11.6 Å². The highest BCUT2D eigenvalue weighted by atomic mass is 35.5. The molecule has 1 unspecified atom stereocenters. The number of hydrogen-bond donors (Lipinski definition) is 2. The molecular weight excluding hydrogens is 258 g/mol. The molecule has 0 saturated carbocycles. The molecule has 0 amide bonds. The van der Waals surface area contributed by atoms with Crippen molar-refractivity contribution in [3.05, 3.63) is 5.28 Å². The smallest absolute Gasteiger partial charge is 0.322 e. The van der Waals surface area contributed by atoms with Crippen molar-refractivity contribution in [2.45, 2.75) is 19.5 Å². The molecule has 2 N–H and O–H groups in total. The molecule has 1 heterocycles. The number of hydrogen-bond acceptors (Lipinski definition) is 6. The molecule has 0 spiro atoms. The summed E-state index contributed by atoms with van der Waals surface area (Å²) < 4.78 is 29.0. The summed E-state index contributed by atoms with van der Waals surface area (Å²) in [5.41, 5.74) is 0. The number of nitrogens with one attached hydrogen (secondary N) is 1. The van der Waals surface area contributed by atoms with E-state index < -0.39 is 19.1 Å². The van der Waals surface area contributed by atoms with Gasteiger partial charge in [-0.25, -0.2) is 8.78 Å². The maximum Gasteiger partial charge on any atom is 0.322 e. The van der Waals surface area contributed by atoms with Gasteiger partial charge < -0.3 is 15.2 Å². The fraction of sp³-hybridized carbons (Fsp3) is 0.625. The number of aliphatic hydroxyl groups excluding tert-OH is 1. The van der Waals surface area contributed by atoms with Gasteiger partial charge in [0, 0.05) is 6.54 Å². The number of anilines is 1. The van der Waals surface area contributed by atoms with Crippen molar-refractivity contribution in [3.63, 3.8) is 0 Å². The molecule has 1 aromatic heterocycles. The van der Waals surface area contributed by atoms with Gasteiger partial charge in [0.05, 0.1) is 6.61 Å². The Morgan fingerprint density at radius 3 is 2.71 bits per heavy atom. The molecule has 0 radical (unpaired) electrons. The van der Waals surface area contributed by atoms with Crippen LogP contribution in [0.5, 0.6) is 6.01 Å². The SMILES string of the molecule is CCOc1nc(Cl)nc(NCC(O)C(F)F)n1. The van der Waals surface area contributed by atoms with Crippen LogP contribution in [0.1, 0.15) is 6.92 Å². The minimum absolute atomic E-state index is 0.0125. The summed E-state index contributed by atoms with van der Waals surface area (Å²) in [5, 5.41) is 11.2. The summed E-state index contributed by atoms with van der Waals surface area (Å²) in [5.74, 6) is -0.0341. The van der Waals surface area contributed by atoms with Gasteiger partial charge in [0.2, 0.25) is 11.2 Å². The van der Waals surface area contributed by atoms with Crippen LogP contribution in [0, 0.1) is 0 Å². The highest BCUT2D eigenvalue weighted by molar-refractivity contribution is 6.28. The number of halogens is 3. The highest BCUT2D eigenvalue weighted by Crippen LogP contribution is 2.11. The molecule has 6 nitrogen and oxygen atoms in total. The maximum absolute atomic E-state index is 12.0. The molecule has 0 fully saturated rings. The van der Waals surface area contributed by atoms with Crippen molar-refractivity contribution < 1.29 is 18.6 Å². The molecule has 0 saturated heterocycles. The van der Waals surface area contributed by atoms with E-state index in [1.54, 1.807) is 6.92 Å². The van der Waals surface area contributed by atoms with Crippen LogP contribution in [0.2, 0.25) is 5.28 Å². The average Bonchev–Trinajstić information content (AvgIpc) is 2.25. The Hall–Kier alpha value is -1.28. The van der Waals surface area contributed by atoms with Gasteiger partial charge in [-0.1, -0.05) is 0 Å². The third-order valence-electron chi connectivity index (χ3n) is 1.62. The summed E-state index contributed by atoms with van der Waals surface area (Å²) in [6.45, 7) is 1.66. The summed E-state index contributed by atoms with van der Waals surface area (Å²) in [6, 6.07) is -0.0125. The Kier molecular flexibility index (Phi) is 5.23. The Morgan fingerprint density at radius 1 is 1.41 bits per heavy atom. The molecule has 17 heavy (non-hydrogen) atoms. The fourth-order valence-electron chi connectivity index (χ4n) is 0.890. The van der Waals surface area contributed by atoms with Crippen molar-refractivity contribution in [2.24, 2.45) is 0 Å². The summed E-state index contributed by atoms with van der Waals surface area (Å²) >= 11 is 5.57. The lowest BCUT2D eigenvalue weighted by Gasteiger charge is -2.10. The predicted molar refractivity (Wildman–Crippen MR) is 56.5 cm³/mol. The molecule has 96 valence electrons. The van der Waals surface area contributed by atoms with E-state index in [1.165, 1.54) is 0 Å². The van der Waals surface area contributed by atoms with E-state index in [4.69, 9.17) is 21.4 Å². The first-order valence-corrected chi connectivity index (χ1v) is 5.15. The third-order valence-corrected chi connectivity index (χ3v) is 1.79. The van der Waals surface area contributed by atoms with E-state index in [0.29, 0.717) is 6.61 Å². The number of nitrogens with zero attached hydrogens (tertiary/aromatic N) is 3. The van der Waals surface area contributed by atoms with Crippen LogP contribution in [0.4, 0.5) is 14.7 Å². The van der Waals surface area contributed by atoms with Crippen LogP contribution in [0.3, 0.4) is 0 Å². The second-order valence-corrected chi connectivity index (χ2v) is 3.26. The molecule has 1 aromatic rings. The minimum atomic E-state index is -2.84. The van der Waals surface area contributed by atoms with Crippen molar-refractivity contribution in [1.29, 1.82) is 0 Å². The summed E-state index contributed by atoms with van der Waals surface area (Å²) in [4.78, 5) is 11.1. The van der Waals surface area contributed by atoms with Gasteiger partial charge in [-0.05, 0) is 18.5 Å². The van der Waals surface area contributed by atoms with E-state index in [1.807, 2.05) is 0 Å². The normalized spacial score (nSPS) is 12.6. The van der Waals surface area contributed by atoms with E-state index in [2.05, 4.69) is 20.3 Å². The van der Waals surface area contributed by atoms with Crippen molar-refractivity contribution in [3.8, 4) is 6.01 Å². The largest absolute Gasteiger partial charge is 0.464 e.